The second kappa shape index (κ2) is 11.6. The third-order valence-electron chi connectivity index (χ3n) is 7.53. The van der Waals surface area contributed by atoms with Gasteiger partial charge >= 0.3 is 0 Å². The Balaban J connectivity index is 1.37. The fourth-order valence-corrected chi connectivity index (χ4v) is 5.41. The zero-order valence-electron chi connectivity index (χ0n) is 22.5. The number of rotatable bonds is 3. The quantitative estimate of drug-likeness (QED) is 0.454. The normalized spacial score (nSPS) is 20.8. The van der Waals surface area contributed by atoms with Gasteiger partial charge in [-0.05, 0) is 87.6 Å². The van der Waals surface area contributed by atoms with Crippen LogP contribution < -0.4 is 4.74 Å². The first-order valence-corrected chi connectivity index (χ1v) is 13.7. The number of hydrogen-bond donors (Lipinski definition) is 0. The fourth-order valence-electron chi connectivity index (χ4n) is 5.41. The van der Waals surface area contributed by atoms with Gasteiger partial charge < -0.3 is 23.7 Å². The molecule has 0 bridgehead atoms. The van der Waals surface area contributed by atoms with Gasteiger partial charge in [-0.2, -0.15) is 0 Å². The lowest BCUT2D eigenvalue weighted by Gasteiger charge is -2.44. The Kier molecular flexibility index (Phi) is 8.02. The number of amides is 2. The topological polar surface area (TPSA) is 72.2 Å². The van der Waals surface area contributed by atoms with Crippen molar-refractivity contribution in [3.05, 3.63) is 77.8 Å². The summed E-state index contributed by atoms with van der Waals surface area (Å²) in [5.74, 6) is 0.783. The highest BCUT2D eigenvalue weighted by Crippen LogP contribution is 2.31. The summed E-state index contributed by atoms with van der Waals surface area (Å²) in [4.78, 5) is 31.1. The summed E-state index contributed by atoms with van der Waals surface area (Å²) in [5, 5.41) is 0. The molecule has 0 aliphatic carbocycles. The van der Waals surface area contributed by atoms with E-state index in [1.165, 1.54) is 12.1 Å². The Hall–Kier alpha value is -3.65. The van der Waals surface area contributed by atoms with Gasteiger partial charge in [0, 0.05) is 18.2 Å². The molecular formula is C31H35FN2O5. The van der Waals surface area contributed by atoms with Crippen LogP contribution in [0.5, 0.6) is 5.75 Å². The van der Waals surface area contributed by atoms with Crippen molar-refractivity contribution in [2.24, 2.45) is 0 Å². The number of halogens is 1. The summed E-state index contributed by atoms with van der Waals surface area (Å²) in [7, 11) is 0. The molecule has 0 saturated carbocycles. The second-order valence-electron chi connectivity index (χ2n) is 10.5. The van der Waals surface area contributed by atoms with Crippen molar-refractivity contribution in [3.63, 3.8) is 0 Å². The molecule has 2 amide bonds. The number of carbonyl (C=O) groups excluding carboxylic acids is 2. The minimum absolute atomic E-state index is 0.0609. The van der Waals surface area contributed by atoms with E-state index in [1.54, 1.807) is 34.1 Å². The summed E-state index contributed by atoms with van der Waals surface area (Å²) < 4.78 is 31.6. The van der Waals surface area contributed by atoms with E-state index in [-0.39, 0.29) is 42.6 Å². The molecule has 1 atom stereocenters. The minimum Gasteiger partial charge on any atom is -0.491 e. The van der Waals surface area contributed by atoms with E-state index < -0.39 is 5.60 Å². The largest absolute Gasteiger partial charge is 0.491 e. The Bertz CT molecular complexity index is 1300. The molecule has 1 unspecified atom stereocenters. The highest BCUT2D eigenvalue weighted by molar-refractivity contribution is 5.93. The van der Waals surface area contributed by atoms with E-state index in [0.29, 0.717) is 37.4 Å². The molecule has 1 aromatic heterocycles. The smallest absolute Gasteiger partial charge is 0.289 e. The summed E-state index contributed by atoms with van der Waals surface area (Å²) in [6.45, 7) is 5.53. The van der Waals surface area contributed by atoms with E-state index in [0.717, 1.165) is 30.6 Å². The highest BCUT2D eigenvalue weighted by atomic mass is 19.1. The number of ether oxygens (including phenoxy) is 2. The summed E-state index contributed by atoms with van der Waals surface area (Å²) in [5.41, 5.74) is 0.703. The molecule has 8 heteroatoms. The standard InChI is InChI=1S/C31H35FN2O5/c1-22(2)34-18-19-37-26-9-4-3-7-23(26)8-5-6-16-31(30(34)36)21-33(17-20-38-31)29(35)28-15-14-27(39-28)24-10-12-25(32)13-11-24/h3-4,7,9-15,22H,5-6,8,16-21H2,1-2H3. The summed E-state index contributed by atoms with van der Waals surface area (Å²) in [6, 6.07) is 17.2. The van der Waals surface area contributed by atoms with Gasteiger partial charge in [-0.3, -0.25) is 9.59 Å². The number of benzene rings is 2. The second-order valence-corrected chi connectivity index (χ2v) is 10.5. The molecule has 206 valence electrons. The lowest BCUT2D eigenvalue weighted by atomic mass is 9.90. The predicted octanol–water partition coefficient (Wildman–Crippen LogP) is 5.34. The maximum absolute atomic E-state index is 14.1. The number of morpholine rings is 1. The molecule has 3 heterocycles. The van der Waals surface area contributed by atoms with Crippen molar-refractivity contribution in [3.8, 4) is 17.1 Å². The zero-order chi connectivity index (χ0) is 27.4. The van der Waals surface area contributed by atoms with Crippen LogP contribution in [0.1, 0.15) is 49.2 Å². The molecule has 39 heavy (non-hydrogen) atoms. The van der Waals surface area contributed by atoms with Crippen molar-refractivity contribution in [2.45, 2.75) is 51.2 Å². The van der Waals surface area contributed by atoms with E-state index in [4.69, 9.17) is 13.9 Å². The molecule has 3 aromatic rings. The lowest BCUT2D eigenvalue weighted by molar-refractivity contribution is -0.172. The molecule has 2 aliphatic heterocycles. The first-order valence-electron chi connectivity index (χ1n) is 13.7. The van der Waals surface area contributed by atoms with E-state index in [1.807, 2.05) is 32.0 Å². The molecular weight excluding hydrogens is 499 g/mol. The van der Waals surface area contributed by atoms with Crippen LogP contribution >= 0.6 is 0 Å². The SMILES string of the molecule is CC(C)N1CCOc2ccccc2CCCCC2(CN(C(=O)c3ccc(-c4ccc(F)cc4)o3)CCO2)C1=O. The van der Waals surface area contributed by atoms with Gasteiger partial charge in [0.05, 0.1) is 19.7 Å². The maximum Gasteiger partial charge on any atom is 0.289 e. The van der Waals surface area contributed by atoms with E-state index in [9.17, 15) is 14.0 Å². The van der Waals surface area contributed by atoms with Crippen LogP contribution in [0.2, 0.25) is 0 Å². The Morgan fingerprint density at radius 1 is 0.974 bits per heavy atom. The number of fused-ring (bicyclic) bond motifs is 1. The average molecular weight is 535 g/mol. The molecule has 1 spiro atoms. The number of nitrogens with zero attached hydrogens (tertiary/aromatic N) is 2. The number of carbonyl (C=O) groups is 2. The van der Waals surface area contributed by atoms with Crippen LogP contribution in [-0.2, 0) is 16.0 Å². The van der Waals surface area contributed by atoms with Crippen LogP contribution in [0.25, 0.3) is 11.3 Å². The Morgan fingerprint density at radius 2 is 1.77 bits per heavy atom. The fraction of sp³-hybridized carbons (Fsp3) is 0.419. The van der Waals surface area contributed by atoms with Gasteiger partial charge in [-0.1, -0.05) is 18.2 Å². The van der Waals surface area contributed by atoms with Crippen LogP contribution in [-0.4, -0.2) is 66.1 Å². The molecule has 0 radical (unpaired) electrons. The predicted molar refractivity (Wildman–Crippen MR) is 145 cm³/mol. The van der Waals surface area contributed by atoms with E-state index in [2.05, 4.69) is 6.07 Å². The molecule has 7 nitrogen and oxygen atoms in total. The van der Waals surface area contributed by atoms with Gasteiger partial charge in [-0.15, -0.1) is 0 Å². The van der Waals surface area contributed by atoms with Gasteiger partial charge in [0.25, 0.3) is 11.8 Å². The van der Waals surface area contributed by atoms with Gasteiger partial charge in [0.15, 0.2) is 11.4 Å². The molecule has 1 saturated heterocycles. The number of furan rings is 1. The van der Waals surface area contributed by atoms with Crippen molar-refractivity contribution in [1.82, 2.24) is 9.80 Å². The summed E-state index contributed by atoms with van der Waals surface area (Å²) in [6.07, 6.45) is 2.99. The van der Waals surface area contributed by atoms with Gasteiger partial charge in [0.2, 0.25) is 0 Å². The van der Waals surface area contributed by atoms with Crippen LogP contribution in [0, 0.1) is 5.82 Å². The molecule has 2 aromatic carbocycles. The number of hydrogen-bond acceptors (Lipinski definition) is 5. The zero-order valence-corrected chi connectivity index (χ0v) is 22.5. The third-order valence-corrected chi connectivity index (χ3v) is 7.53. The van der Waals surface area contributed by atoms with Crippen LogP contribution in [0.15, 0.2) is 65.1 Å². The lowest BCUT2D eigenvalue weighted by Crippen LogP contribution is -2.63. The number of aryl methyl sites for hydroxylation is 1. The first-order chi connectivity index (χ1) is 18.9. The van der Waals surface area contributed by atoms with Gasteiger partial charge in [0.1, 0.15) is 23.9 Å². The number of para-hydroxylation sites is 1. The van der Waals surface area contributed by atoms with Crippen molar-refractivity contribution >= 4 is 11.8 Å². The molecule has 5 rings (SSSR count). The van der Waals surface area contributed by atoms with E-state index >= 15 is 0 Å². The minimum atomic E-state index is -1.14. The van der Waals surface area contributed by atoms with Crippen molar-refractivity contribution in [2.75, 3.05) is 32.8 Å². The van der Waals surface area contributed by atoms with Crippen LogP contribution in [0.3, 0.4) is 0 Å². The molecule has 1 fully saturated rings. The Labute approximate surface area is 228 Å². The van der Waals surface area contributed by atoms with Gasteiger partial charge in [-0.25, -0.2) is 4.39 Å². The maximum atomic E-state index is 14.1. The van der Waals surface area contributed by atoms with Crippen molar-refractivity contribution < 1.29 is 27.9 Å². The average Bonchev–Trinajstić information content (AvgIpc) is 3.43. The molecule has 2 aliphatic rings. The first kappa shape index (κ1) is 26.9. The van der Waals surface area contributed by atoms with Crippen molar-refractivity contribution in [1.29, 1.82) is 0 Å². The monoisotopic (exact) mass is 534 g/mol. The highest BCUT2D eigenvalue weighted by Gasteiger charge is 2.47. The van der Waals surface area contributed by atoms with Crippen LogP contribution in [0.4, 0.5) is 4.39 Å². The summed E-state index contributed by atoms with van der Waals surface area (Å²) >= 11 is 0. The molecule has 0 N–H and O–H groups in total. The Morgan fingerprint density at radius 3 is 2.56 bits per heavy atom. The third kappa shape index (κ3) is 5.86.